The van der Waals surface area contributed by atoms with E-state index in [0.29, 0.717) is 22.2 Å². The number of nitrogens with zero attached hydrogens (tertiary/aromatic N) is 2. The van der Waals surface area contributed by atoms with E-state index in [2.05, 4.69) is 20.8 Å². The summed E-state index contributed by atoms with van der Waals surface area (Å²) in [4.78, 5) is 29.7. The van der Waals surface area contributed by atoms with Crippen LogP contribution in [-0.4, -0.2) is 23.0 Å². The Labute approximate surface area is 131 Å². The van der Waals surface area contributed by atoms with Crippen LogP contribution in [0.25, 0.3) is 0 Å². The minimum Gasteiger partial charge on any atom is -0.469 e. The molecule has 1 N–H and O–H groups in total. The number of methoxy groups -OCH3 is 1. The lowest BCUT2D eigenvalue weighted by Gasteiger charge is -2.05. The lowest BCUT2D eigenvalue weighted by atomic mass is 10.1. The fourth-order valence-corrected chi connectivity index (χ4v) is 2.66. The molecule has 0 fully saturated rings. The summed E-state index contributed by atoms with van der Waals surface area (Å²) in [5.74, 6) is 0.0397. The average molecular weight is 315 g/mol. The van der Waals surface area contributed by atoms with E-state index in [0.717, 1.165) is 5.56 Å². The summed E-state index contributed by atoms with van der Waals surface area (Å²) < 4.78 is 4.56. The number of ether oxygens (including phenoxy) is 1. The quantitative estimate of drug-likeness (QED) is 0.512. The third-order valence-electron chi connectivity index (χ3n) is 2.83. The van der Waals surface area contributed by atoms with Crippen LogP contribution in [0.2, 0.25) is 0 Å². The number of aromatic amines is 1. The van der Waals surface area contributed by atoms with E-state index in [1.165, 1.54) is 24.9 Å². The summed E-state index contributed by atoms with van der Waals surface area (Å²) in [7, 11) is 1.28. The second-order valence-corrected chi connectivity index (χ2v) is 5.32. The Morgan fingerprint density at radius 2 is 2.23 bits per heavy atom. The Bertz CT molecular complexity index is 780. The first-order valence-electron chi connectivity index (χ1n) is 6.40. The minimum atomic E-state index is -0.455. The molecule has 22 heavy (non-hydrogen) atoms. The number of hydrogen-bond acceptors (Lipinski definition) is 6. The van der Waals surface area contributed by atoms with Gasteiger partial charge in [0.2, 0.25) is 0 Å². The van der Waals surface area contributed by atoms with Crippen molar-refractivity contribution in [2.75, 3.05) is 7.11 Å². The summed E-state index contributed by atoms with van der Waals surface area (Å²) >= 11 is 1.30. The largest absolute Gasteiger partial charge is 0.469 e. The number of benzene rings is 1. The Kier molecular flexibility index (Phi) is 5.33. The van der Waals surface area contributed by atoms with E-state index in [4.69, 9.17) is 5.26 Å². The predicted octanol–water partition coefficient (Wildman–Crippen LogP) is 1.65. The van der Waals surface area contributed by atoms with E-state index in [9.17, 15) is 9.59 Å². The molecule has 1 aromatic heterocycles. The molecule has 0 aliphatic rings. The molecule has 0 amide bonds. The van der Waals surface area contributed by atoms with Gasteiger partial charge in [-0.15, -0.1) is 0 Å². The van der Waals surface area contributed by atoms with E-state index in [1.807, 2.05) is 12.1 Å². The molecule has 0 saturated carbocycles. The maximum Gasteiger partial charge on any atom is 0.311 e. The van der Waals surface area contributed by atoms with Gasteiger partial charge in [0.25, 0.3) is 5.56 Å². The molecular formula is C15H13N3O3S. The maximum absolute atomic E-state index is 11.6. The fraction of sp³-hybridized carbons (Fsp3) is 0.200. The predicted molar refractivity (Wildman–Crippen MR) is 81.3 cm³/mol. The summed E-state index contributed by atoms with van der Waals surface area (Å²) in [6, 6.07) is 10.6. The molecule has 7 heteroatoms. The minimum absolute atomic E-state index is 0.0528. The number of hydrogen-bond donors (Lipinski definition) is 1. The number of esters is 1. The fourth-order valence-electron chi connectivity index (χ4n) is 1.76. The first-order valence-corrected chi connectivity index (χ1v) is 7.39. The number of nitrogens with one attached hydrogen (secondary N) is 1. The van der Waals surface area contributed by atoms with Gasteiger partial charge in [-0.1, -0.05) is 30.0 Å². The Morgan fingerprint density at radius 1 is 1.45 bits per heavy atom. The van der Waals surface area contributed by atoms with Crippen LogP contribution in [0.4, 0.5) is 0 Å². The number of H-pyrrole nitrogens is 1. The highest BCUT2D eigenvalue weighted by Crippen LogP contribution is 2.20. The number of thioether (sulfide) groups is 1. The van der Waals surface area contributed by atoms with Crippen LogP contribution in [0.15, 0.2) is 40.3 Å². The van der Waals surface area contributed by atoms with E-state index >= 15 is 0 Å². The van der Waals surface area contributed by atoms with Crippen molar-refractivity contribution in [1.29, 1.82) is 5.26 Å². The van der Waals surface area contributed by atoms with Crippen molar-refractivity contribution in [1.82, 2.24) is 9.97 Å². The molecule has 0 spiro atoms. The van der Waals surface area contributed by atoms with Crippen LogP contribution in [0.3, 0.4) is 0 Å². The second kappa shape index (κ2) is 7.43. The van der Waals surface area contributed by atoms with E-state index < -0.39 is 5.97 Å². The first-order chi connectivity index (χ1) is 10.6. The van der Waals surface area contributed by atoms with Gasteiger partial charge in [0.05, 0.1) is 30.9 Å². The molecule has 1 aromatic carbocycles. The molecule has 2 aromatic rings. The average Bonchev–Trinajstić information content (AvgIpc) is 2.52. The molecular weight excluding hydrogens is 302 g/mol. The smallest absolute Gasteiger partial charge is 0.311 e. The van der Waals surface area contributed by atoms with Gasteiger partial charge in [-0.25, -0.2) is 4.98 Å². The van der Waals surface area contributed by atoms with Crippen LogP contribution in [0.1, 0.15) is 16.8 Å². The highest BCUT2D eigenvalue weighted by Gasteiger charge is 2.09. The van der Waals surface area contributed by atoms with Crippen molar-refractivity contribution in [3.8, 4) is 6.07 Å². The number of nitriles is 1. The van der Waals surface area contributed by atoms with Crippen LogP contribution >= 0.6 is 11.8 Å². The van der Waals surface area contributed by atoms with Crippen molar-refractivity contribution in [2.24, 2.45) is 0 Å². The van der Waals surface area contributed by atoms with E-state index in [1.54, 1.807) is 12.1 Å². The molecule has 0 unspecified atom stereocenters. The third kappa shape index (κ3) is 4.20. The molecule has 6 nitrogen and oxygen atoms in total. The second-order valence-electron chi connectivity index (χ2n) is 4.35. The number of carbonyl (C=O) groups is 1. The van der Waals surface area contributed by atoms with Crippen LogP contribution < -0.4 is 5.56 Å². The Hall–Kier alpha value is -2.59. The zero-order valence-corrected chi connectivity index (χ0v) is 12.6. The van der Waals surface area contributed by atoms with Crippen molar-refractivity contribution in [2.45, 2.75) is 17.3 Å². The topological polar surface area (TPSA) is 95.8 Å². The summed E-state index contributed by atoms with van der Waals surface area (Å²) in [5, 5.41) is 9.45. The zero-order valence-electron chi connectivity index (χ0n) is 11.8. The first kappa shape index (κ1) is 15.8. The molecule has 2 rings (SSSR count). The Morgan fingerprint density at radius 3 is 2.95 bits per heavy atom. The van der Waals surface area contributed by atoms with Gasteiger partial charge in [-0.2, -0.15) is 5.26 Å². The molecule has 0 bridgehead atoms. The summed E-state index contributed by atoms with van der Waals surface area (Å²) in [5.41, 5.74) is 1.47. The van der Waals surface area contributed by atoms with Gasteiger partial charge >= 0.3 is 5.97 Å². The van der Waals surface area contributed by atoms with Gasteiger partial charge in [0.15, 0.2) is 5.16 Å². The van der Waals surface area contributed by atoms with Gasteiger partial charge in [-0.05, 0) is 11.6 Å². The van der Waals surface area contributed by atoms with Crippen molar-refractivity contribution in [3.05, 3.63) is 57.5 Å². The summed E-state index contributed by atoms with van der Waals surface area (Å²) in [6.45, 7) is 0. The standard InChI is InChI=1S/C15H13N3O3S/c1-21-14(20)7-12-6-13(19)18-15(17-12)22-9-11-5-3-2-4-10(11)8-16/h2-6H,7,9H2,1H3,(H,17,18,19). The highest BCUT2D eigenvalue weighted by atomic mass is 32.2. The molecule has 1 heterocycles. The SMILES string of the molecule is COC(=O)Cc1cc(=O)[nH]c(SCc2ccccc2C#N)n1. The highest BCUT2D eigenvalue weighted by molar-refractivity contribution is 7.98. The van der Waals surface area contributed by atoms with Gasteiger partial charge in [0, 0.05) is 11.8 Å². The van der Waals surface area contributed by atoms with Gasteiger partial charge in [0.1, 0.15) is 0 Å². The van der Waals surface area contributed by atoms with E-state index in [-0.39, 0.29) is 12.0 Å². The molecule has 0 aliphatic carbocycles. The monoisotopic (exact) mass is 315 g/mol. The number of aromatic nitrogens is 2. The zero-order chi connectivity index (χ0) is 15.9. The molecule has 0 aliphatic heterocycles. The molecule has 112 valence electrons. The maximum atomic E-state index is 11.6. The number of carbonyl (C=O) groups excluding carboxylic acids is 1. The van der Waals surface area contributed by atoms with Crippen molar-refractivity contribution in [3.63, 3.8) is 0 Å². The third-order valence-corrected chi connectivity index (χ3v) is 3.75. The van der Waals surface area contributed by atoms with Crippen LogP contribution in [0, 0.1) is 11.3 Å². The van der Waals surface area contributed by atoms with Gasteiger partial charge in [-0.3, -0.25) is 9.59 Å². The lowest BCUT2D eigenvalue weighted by molar-refractivity contribution is -0.139. The lowest BCUT2D eigenvalue weighted by Crippen LogP contribution is -2.13. The van der Waals surface area contributed by atoms with Crippen LogP contribution in [0.5, 0.6) is 0 Å². The van der Waals surface area contributed by atoms with Crippen molar-refractivity contribution >= 4 is 17.7 Å². The molecule has 0 saturated heterocycles. The Balaban J connectivity index is 2.15. The number of rotatable bonds is 5. The molecule has 0 atom stereocenters. The van der Waals surface area contributed by atoms with Crippen LogP contribution in [-0.2, 0) is 21.7 Å². The summed E-state index contributed by atoms with van der Waals surface area (Å²) in [6.07, 6.45) is -0.0528. The van der Waals surface area contributed by atoms with Crippen molar-refractivity contribution < 1.29 is 9.53 Å². The molecule has 0 radical (unpaired) electrons. The van der Waals surface area contributed by atoms with Gasteiger partial charge < -0.3 is 9.72 Å². The normalized spacial score (nSPS) is 10.0.